The molecule has 8 nitrogen and oxygen atoms in total. The Morgan fingerprint density at radius 1 is 1.11 bits per heavy atom. The predicted octanol–water partition coefficient (Wildman–Crippen LogP) is 2.01. The maximum Gasteiger partial charge on any atom is 0.341 e. The number of rotatable bonds is 5. The standard InChI is InChI=1S/C19H19N3O5S/c1-12(18(23)21-13-7-9-14(10-8-13)28(20,25)26)27-19(24)16-11-22(2)17-6-4-3-5-15(16)17/h3-12H,1-2H3,(H,21,23)(H2,20,25,26). The molecule has 2 aromatic carbocycles. The number of nitrogens with zero attached hydrogens (tertiary/aromatic N) is 1. The Labute approximate surface area is 162 Å². The van der Waals surface area contributed by atoms with Crippen LogP contribution in [0.2, 0.25) is 0 Å². The van der Waals surface area contributed by atoms with E-state index in [1.165, 1.54) is 31.2 Å². The molecule has 0 spiro atoms. The fraction of sp³-hybridized carbons (Fsp3) is 0.158. The minimum atomic E-state index is -3.81. The molecular weight excluding hydrogens is 382 g/mol. The average molecular weight is 401 g/mol. The van der Waals surface area contributed by atoms with E-state index in [1.807, 2.05) is 35.9 Å². The van der Waals surface area contributed by atoms with E-state index in [0.29, 0.717) is 11.3 Å². The lowest BCUT2D eigenvalue weighted by Crippen LogP contribution is -2.30. The fourth-order valence-corrected chi connectivity index (χ4v) is 3.27. The van der Waals surface area contributed by atoms with Gasteiger partial charge in [-0.25, -0.2) is 18.4 Å². The van der Waals surface area contributed by atoms with Crippen LogP contribution in [0, 0.1) is 0 Å². The van der Waals surface area contributed by atoms with Gasteiger partial charge in [-0.1, -0.05) is 18.2 Å². The van der Waals surface area contributed by atoms with Gasteiger partial charge in [0.2, 0.25) is 10.0 Å². The van der Waals surface area contributed by atoms with Crippen molar-refractivity contribution in [1.82, 2.24) is 4.57 Å². The first kappa shape index (κ1) is 19.6. The van der Waals surface area contributed by atoms with Gasteiger partial charge in [0, 0.05) is 29.8 Å². The number of fused-ring (bicyclic) bond motifs is 1. The van der Waals surface area contributed by atoms with Crippen molar-refractivity contribution in [1.29, 1.82) is 0 Å². The van der Waals surface area contributed by atoms with Gasteiger partial charge >= 0.3 is 5.97 Å². The molecule has 1 amide bonds. The largest absolute Gasteiger partial charge is 0.449 e. The number of para-hydroxylation sites is 1. The summed E-state index contributed by atoms with van der Waals surface area (Å²) in [5, 5.41) is 8.33. The number of anilines is 1. The third-order valence-electron chi connectivity index (χ3n) is 4.22. The second-order valence-electron chi connectivity index (χ2n) is 6.28. The molecule has 1 heterocycles. The number of carbonyl (C=O) groups is 2. The smallest absolute Gasteiger partial charge is 0.341 e. The molecule has 0 fully saturated rings. The van der Waals surface area contributed by atoms with Crippen LogP contribution in [-0.4, -0.2) is 31.0 Å². The van der Waals surface area contributed by atoms with Crippen molar-refractivity contribution in [2.24, 2.45) is 12.2 Å². The number of nitrogens with one attached hydrogen (secondary N) is 1. The van der Waals surface area contributed by atoms with Crippen LogP contribution in [0.25, 0.3) is 10.9 Å². The number of primary sulfonamides is 1. The Morgan fingerprint density at radius 2 is 1.75 bits per heavy atom. The first-order valence-electron chi connectivity index (χ1n) is 8.35. The van der Waals surface area contributed by atoms with Crippen LogP contribution in [0.5, 0.6) is 0 Å². The molecule has 0 radical (unpaired) electrons. The number of aryl methyl sites for hydroxylation is 1. The van der Waals surface area contributed by atoms with Crippen molar-refractivity contribution in [3.63, 3.8) is 0 Å². The number of benzene rings is 2. The quantitative estimate of drug-likeness (QED) is 0.634. The molecule has 1 aromatic heterocycles. The van der Waals surface area contributed by atoms with E-state index in [2.05, 4.69) is 5.32 Å². The van der Waals surface area contributed by atoms with Gasteiger partial charge in [-0.3, -0.25) is 4.79 Å². The number of sulfonamides is 1. The van der Waals surface area contributed by atoms with Crippen molar-refractivity contribution in [3.8, 4) is 0 Å². The molecule has 0 aliphatic rings. The molecule has 0 saturated heterocycles. The van der Waals surface area contributed by atoms with Gasteiger partial charge in [-0.05, 0) is 37.3 Å². The topological polar surface area (TPSA) is 120 Å². The number of nitrogens with two attached hydrogens (primary N) is 1. The molecule has 1 atom stereocenters. The van der Waals surface area contributed by atoms with E-state index in [9.17, 15) is 18.0 Å². The zero-order valence-electron chi connectivity index (χ0n) is 15.2. The normalized spacial score (nSPS) is 12.5. The molecule has 0 aliphatic carbocycles. The van der Waals surface area contributed by atoms with E-state index in [0.717, 1.165) is 10.9 Å². The highest BCUT2D eigenvalue weighted by atomic mass is 32.2. The number of aromatic nitrogens is 1. The summed E-state index contributed by atoms with van der Waals surface area (Å²) >= 11 is 0. The lowest BCUT2D eigenvalue weighted by atomic mass is 10.2. The van der Waals surface area contributed by atoms with Crippen molar-refractivity contribution in [3.05, 3.63) is 60.3 Å². The van der Waals surface area contributed by atoms with Gasteiger partial charge in [-0.2, -0.15) is 0 Å². The first-order valence-corrected chi connectivity index (χ1v) is 9.90. The molecule has 0 bridgehead atoms. The lowest BCUT2D eigenvalue weighted by molar-refractivity contribution is -0.123. The Morgan fingerprint density at radius 3 is 2.39 bits per heavy atom. The number of carbonyl (C=O) groups excluding carboxylic acids is 2. The maximum absolute atomic E-state index is 12.5. The van der Waals surface area contributed by atoms with Crippen molar-refractivity contribution >= 4 is 38.5 Å². The molecule has 0 aliphatic heterocycles. The molecule has 3 aromatic rings. The SMILES string of the molecule is CC(OC(=O)c1cn(C)c2ccccc12)C(=O)Nc1ccc(S(N)(=O)=O)cc1. The molecule has 146 valence electrons. The summed E-state index contributed by atoms with van der Waals surface area (Å²) in [5.74, 6) is -1.15. The Hall–Kier alpha value is -3.17. The van der Waals surface area contributed by atoms with Crippen LogP contribution >= 0.6 is 0 Å². The summed E-state index contributed by atoms with van der Waals surface area (Å²) in [6.45, 7) is 1.46. The second kappa shape index (κ2) is 7.45. The maximum atomic E-state index is 12.5. The zero-order chi connectivity index (χ0) is 20.5. The summed E-state index contributed by atoms with van der Waals surface area (Å²) in [7, 11) is -1.99. The minimum Gasteiger partial charge on any atom is -0.449 e. The minimum absolute atomic E-state index is 0.0686. The Bertz CT molecular complexity index is 1150. The predicted molar refractivity (Wildman–Crippen MR) is 104 cm³/mol. The summed E-state index contributed by atoms with van der Waals surface area (Å²) in [6, 6.07) is 12.7. The average Bonchev–Trinajstić information content (AvgIpc) is 2.98. The summed E-state index contributed by atoms with van der Waals surface area (Å²) < 4.78 is 29.6. The highest BCUT2D eigenvalue weighted by Gasteiger charge is 2.22. The molecule has 3 rings (SSSR count). The van der Waals surface area contributed by atoms with Gasteiger partial charge < -0.3 is 14.6 Å². The Balaban J connectivity index is 1.69. The zero-order valence-corrected chi connectivity index (χ0v) is 16.1. The third kappa shape index (κ3) is 4.05. The van der Waals surface area contributed by atoms with Gasteiger partial charge in [-0.15, -0.1) is 0 Å². The first-order chi connectivity index (χ1) is 13.2. The molecule has 28 heavy (non-hydrogen) atoms. The van der Waals surface area contributed by atoms with E-state index in [1.54, 1.807) is 6.20 Å². The van der Waals surface area contributed by atoms with E-state index < -0.39 is 28.0 Å². The fourth-order valence-electron chi connectivity index (χ4n) is 2.75. The summed E-state index contributed by atoms with van der Waals surface area (Å²) in [5.41, 5.74) is 1.60. The van der Waals surface area contributed by atoms with Gasteiger partial charge in [0.05, 0.1) is 10.5 Å². The van der Waals surface area contributed by atoms with E-state index in [4.69, 9.17) is 9.88 Å². The molecule has 9 heteroatoms. The number of hydrogen-bond acceptors (Lipinski definition) is 5. The van der Waals surface area contributed by atoms with Crippen LogP contribution in [0.15, 0.2) is 59.6 Å². The van der Waals surface area contributed by atoms with Crippen molar-refractivity contribution in [2.75, 3.05) is 5.32 Å². The van der Waals surface area contributed by atoms with Crippen LogP contribution in [0.4, 0.5) is 5.69 Å². The van der Waals surface area contributed by atoms with Crippen LogP contribution in [-0.2, 0) is 26.6 Å². The number of hydrogen-bond donors (Lipinski definition) is 2. The van der Waals surface area contributed by atoms with Crippen LogP contribution in [0.1, 0.15) is 17.3 Å². The van der Waals surface area contributed by atoms with E-state index in [-0.39, 0.29) is 4.90 Å². The number of esters is 1. The lowest BCUT2D eigenvalue weighted by Gasteiger charge is -2.13. The molecular formula is C19H19N3O5S. The van der Waals surface area contributed by atoms with Crippen molar-refractivity contribution < 1.29 is 22.7 Å². The summed E-state index contributed by atoms with van der Waals surface area (Å²) in [4.78, 5) is 24.7. The third-order valence-corrected chi connectivity index (χ3v) is 5.15. The molecule has 1 unspecified atom stereocenters. The summed E-state index contributed by atoms with van der Waals surface area (Å²) in [6.07, 6.45) is 0.605. The molecule has 3 N–H and O–H groups in total. The van der Waals surface area contributed by atoms with E-state index >= 15 is 0 Å². The van der Waals surface area contributed by atoms with Gasteiger partial charge in [0.15, 0.2) is 6.10 Å². The highest BCUT2D eigenvalue weighted by Crippen LogP contribution is 2.21. The monoisotopic (exact) mass is 401 g/mol. The van der Waals surface area contributed by atoms with Gasteiger partial charge in [0.25, 0.3) is 5.91 Å². The number of amides is 1. The molecule has 0 saturated carbocycles. The van der Waals surface area contributed by atoms with Gasteiger partial charge in [0.1, 0.15) is 0 Å². The number of ether oxygens (including phenoxy) is 1. The van der Waals surface area contributed by atoms with Crippen LogP contribution < -0.4 is 10.5 Å². The Kier molecular flexibility index (Phi) is 5.21. The second-order valence-corrected chi connectivity index (χ2v) is 7.84. The van der Waals surface area contributed by atoms with Crippen LogP contribution in [0.3, 0.4) is 0 Å². The van der Waals surface area contributed by atoms with Crippen molar-refractivity contribution in [2.45, 2.75) is 17.9 Å². The highest BCUT2D eigenvalue weighted by molar-refractivity contribution is 7.89.